The summed E-state index contributed by atoms with van der Waals surface area (Å²) >= 11 is 0. The van der Waals surface area contributed by atoms with Crippen LogP contribution in [0.1, 0.15) is 12.5 Å². The van der Waals surface area contributed by atoms with E-state index in [1.54, 1.807) is 6.92 Å². The number of hydrogen-bond donors (Lipinski definition) is 2. The molecule has 0 aliphatic carbocycles. The first-order chi connectivity index (χ1) is 13.1. The Morgan fingerprint density at radius 3 is 2.61 bits per heavy atom. The molecule has 3 aromatic rings. The number of H-pyrrole nitrogens is 1. The van der Waals surface area contributed by atoms with Crippen LogP contribution in [0.3, 0.4) is 0 Å². The molecule has 0 unspecified atom stereocenters. The van der Waals surface area contributed by atoms with Crippen molar-refractivity contribution >= 4 is 16.8 Å². The van der Waals surface area contributed by atoms with Crippen molar-refractivity contribution in [1.82, 2.24) is 24.6 Å². The smallest absolute Gasteiger partial charge is 0.355 e. The van der Waals surface area contributed by atoms with E-state index in [0.29, 0.717) is 11.1 Å². The number of hydrogen-bond acceptors (Lipinski definition) is 4. The Balaban J connectivity index is 2.29. The van der Waals surface area contributed by atoms with Crippen LogP contribution in [0.5, 0.6) is 0 Å². The van der Waals surface area contributed by atoms with Gasteiger partial charge in [-0.2, -0.15) is 18.3 Å². The Bertz CT molecular complexity index is 1170. The van der Waals surface area contributed by atoms with Crippen LogP contribution >= 0.6 is 0 Å². The predicted octanol–water partition coefficient (Wildman–Crippen LogP) is 1.25. The molecule has 0 aliphatic heterocycles. The summed E-state index contributed by atoms with van der Waals surface area (Å²) in [4.78, 5) is 37.0. The Morgan fingerprint density at radius 1 is 1.25 bits per heavy atom. The van der Waals surface area contributed by atoms with Gasteiger partial charge in [0.25, 0.3) is 5.56 Å². The number of aromatic nitrogens is 4. The molecule has 0 spiro atoms. The lowest BCUT2D eigenvalue weighted by Crippen LogP contribution is -2.43. The molecule has 0 radical (unpaired) electrons. The second kappa shape index (κ2) is 6.98. The van der Waals surface area contributed by atoms with Gasteiger partial charge in [-0.15, -0.1) is 0 Å². The Kier molecular flexibility index (Phi) is 4.84. The maximum Gasteiger partial charge on any atom is 0.416 e. The molecule has 28 heavy (non-hydrogen) atoms. The van der Waals surface area contributed by atoms with Gasteiger partial charge in [0.1, 0.15) is 6.54 Å². The number of fused-ring (bicyclic) bond motifs is 1. The molecule has 2 aromatic heterocycles. The number of nitrogens with zero attached hydrogens (tertiary/aromatic N) is 3. The van der Waals surface area contributed by atoms with E-state index in [2.05, 4.69) is 15.5 Å². The minimum absolute atomic E-state index is 0.0381. The fourth-order valence-electron chi connectivity index (χ4n) is 2.89. The van der Waals surface area contributed by atoms with Gasteiger partial charge in [-0.3, -0.25) is 19.3 Å². The van der Waals surface area contributed by atoms with Crippen molar-refractivity contribution in [2.24, 2.45) is 7.05 Å². The topological polar surface area (TPSA) is 102 Å². The molecule has 0 saturated carbocycles. The Morgan fingerprint density at radius 2 is 1.96 bits per heavy atom. The third kappa shape index (κ3) is 3.42. The molecule has 8 nitrogen and oxygen atoms in total. The fraction of sp³-hybridized carbons (Fsp3) is 0.294. The van der Waals surface area contributed by atoms with Crippen molar-refractivity contribution in [2.45, 2.75) is 19.6 Å². The van der Waals surface area contributed by atoms with Crippen molar-refractivity contribution < 1.29 is 18.0 Å². The molecule has 0 atom stereocenters. The standard InChI is InChI=1S/C17H16F3N5O3/c1-3-21-14(26)8-25-15(27)12(7-24(2)16(25)28)10-4-9(17(18,19)20)5-13-11(10)6-22-23-13/h4-7H,3,8H2,1-2H3,(H,21,26)(H,22,23). The monoisotopic (exact) mass is 395 g/mol. The van der Waals surface area contributed by atoms with Crippen LogP contribution in [-0.2, 0) is 24.6 Å². The van der Waals surface area contributed by atoms with Gasteiger partial charge in [-0.05, 0) is 19.1 Å². The van der Waals surface area contributed by atoms with Gasteiger partial charge >= 0.3 is 11.9 Å². The van der Waals surface area contributed by atoms with E-state index in [-0.39, 0.29) is 22.0 Å². The molecule has 11 heteroatoms. The summed E-state index contributed by atoms with van der Waals surface area (Å²) in [6.45, 7) is 1.44. The first-order valence-corrected chi connectivity index (χ1v) is 8.25. The summed E-state index contributed by atoms with van der Waals surface area (Å²) in [5.41, 5.74) is -2.68. The summed E-state index contributed by atoms with van der Waals surface area (Å²) in [7, 11) is 1.35. The van der Waals surface area contributed by atoms with Gasteiger partial charge in [0.2, 0.25) is 5.91 Å². The van der Waals surface area contributed by atoms with E-state index in [9.17, 15) is 27.6 Å². The lowest BCUT2D eigenvalue weighted by molar-refractivity contribution is -0.137. The first-order valence-electron chi connectivity index (χ1n) is 8.25. The van der Waals surface area contributed by atoms with E-state index in [1.807, 2.05) is 0 Å². The van der Waals surface area contributed by atoms with Gasteiger partial charge in [-0.25, -0.2) is 4.79 Å². The van der Waals surface area contributed by atoms with Gasteiger partial charge in [0.05, 0.1) is 22.8 Å². The molecule has 0 saturated heterocycles. The number of benzene rings is 1. The minimum Gasteiger partial charge on any atom is -0.355 e. The minimum atomic E-state index is -4.64. The van der Waals surface area contributed by atoms with E-state index < -0.39 is 35.4 Å². The largest absolute Gasteiger partial charge is 0.416 e. The van der Waals surface area contributed by atoms with Crippen LogP contribution in [0, 0.1) is 0 Å². The number of carbonyl (C=O) groups is 1. The second-order valence-electron chi connectivity index (χ2n) is 6.13. The average molecular weight is 395 g/mol. The molecule has 148 valence electrons. The normalized spacial score (nSPS) is 11.8. The SMILES string of the molecule is CCNC(=O)Cn1c(=O)c(-c2cc(C(F)(F)F)cc3[nH]ncc23)cn(C)c1=O. The average Bonchev–Trinajstić information content (AvgIpc) is 3.09. The van der Waals surface area contributed by atoms with Gasteiger partial charge in [0.15, 0.2) is 0 Å². The van der Waals surface area contributed by atoms with E-state index in [4.69, 9.17) is 0 Å². The molecule has 0 bridgehead atoms. The number of likely N-dealkylation sites (N-methyl/N-ethyl adjacent to an activating group) is 1. The van der Waals surface area contributed by atoms with Crippen molar-refractivity contribution in [2.75, 3.05) is 6.54 Å². The number of alkyl halides is 3. The quantitative estimate of drug-likeness (QED) is 0.694. The van der Waals surface area contributed by atoms with Crippen LogP contribution in [-0.4, -0.2) is 31.8 Å². The first kappa shape index (κ1) is 19.4. The van der Waals surface area contributed by atoms with Crippen molar-refractivity contribution in [3.05, 3.63) is 50.9 Å². The fourth-order valence-corrected chi connectivity index (χ4v) is 2.89. The summed E-state index contributed by atoms with van der Waals surface area (Å²) in [6.07, 6.45) is -2.20. The number of aryl methyl sites for hydroxylation is 1. The zero-order valence-electron chi connectivity index (χ0n) is 14.9. The van der Waals surface area contributed by atoms with Crippen LogP contribution in [0.15, 0.2) is 34.1 Å². The second-order valence-corrected chi connectivity index (χ2v) is 6.13. The molecule has 3 rings (SSSR count). The Hall–Kier alpha value is -3.37. The molecule has 1 amide bonds. The molecule has 2 heterocycles. The zero-order valence-corrected chi connectivity index (χ0v) is 14.9. The number of carbonyl (C=O) groups excluding carboxylic acids is 1. The molecular weight excluding hydrogens is 379 g/mol. The van der Waals surface area contributed by atoms with Gasteiger partial charge in [0, 0.05) is 30.7 Å². The van der Waals surface area contributed by atoms with E-state index in [0.717, 1.165) is 22.9 Å². The maximum absolute atomic E-state index is 13.3. The van der Waals surface area contributed by atoms with Crippen LogP contribution < -0.4 is 16.6 Å². The number of aromatic amines is 1. The zero-order chi connectivity index (χ0) is 20.6. The summed E-state index contributed by atoms with van der Waals surface area (Å²) in [5, 5.41) is 8.96. The molecular formula is C17H16F3N5O3. The van der Waals surface area contributed by atoms with Crippen LogP contribution in [0.25, 0.3) is 22.0 Å². The van der Waals surface area contributed by atoms with Crippen molar-refractivity contribution in [3.8, 4) is 11.1 Å². The highest BCUT2D eigenvalue weighted by Gasteiger charge is 2.32. The molecule has 1 aromatic carbocycles. The highest BCUT2D eigenvalue weighted by molar-refractivity contribution is 5.94. The lowest BCUT2D eigenvalue weighted by Gasteiger charge is -2.13. The van der Waals surface area contributed by atoms with Gasteiger partial charge in [-0.1, -0.05) is 0 Å². The summed E-state index contributed by atoms with van der Waals surface area (Å²) in [5.74, 6) is -0.559. The lowest BCUT2D eigenvalue weighted by atomic mass is 10.0. The highest BCUT2D eigenvalue weighted by atomic mass is 19.4. The van der Waals surface area contributed by atoms with E-state index in [1.165, 1.54) is 13.2 Å². The predicted molar refractivity (Wildman–Crippen MR) is 94.7 cm³/mol. The number of rotatable bonds is 4. The maximum atomic E-state index is 13.3. The Labute approximate surface area is 155 Å². The third-order valence-electron chi connectivity index (χ3n) is 4.18. The molecule has 0 aliphatic rings. The third-order valence-corrected chi connectivity index (χ3v) is 4.18. The number of amides is 1. The summed E-state index contributed by atoms with van der Waals surface area (Å²) in [6, 6.07) is 1.72. The van der Waals surface area contributed by atoms with Crippen molar-refractivity contribution in [1.29, 1.82) is 0 Å². The number of halogens is 3. The highest BCUT2D eigenvalue weighted by Crippen LogP contribution is 2.35. The van der Waals surface area contributed by atoms with Crippen molar-refractivity contribution in [3.63, 3.8) is 0 Å². The van der Waals surface area contributed by atoms with Crippen LogP contribution in [0.2, 0.25) is 0 Å². The number of nitrogens with one attached hydrogen (secondary N) is 2. The summed E-state index contributed by atoms with van der Waals surface area (Å²) < 4.78 is 41.5. The van der Waals surface area contributed by atoms with Gasteiger partial charge < -0.3 is 9.88 Å². The molecule has 0 fully saturated rings. The van der Waals surface area contributed by atoms with E-state index >= 15 is 0 Å². The van der Waals surface area contributed by atoms with Crippen LogP contribution in [0.4, 0.5) is 13.2 Å². The molecule has 2 N–H and O–H groups in total.